The van der Waals surface area contributed by atoms with Crippen molar-refractivity contribution < 1.29 is 4.74 Å². The minimum absolute atomic E-state index is 0.0721. The lowest BCUT2D eigenvalue weighted by Gasteiger charge is -2.59. The first-order valence-electron chi connectivity index (χ1n) is 13.3. The van der Waals surface area contributed by atoms with Gasteiger partial charge in [-0.15, -0.1) is 0 Å². The zero-order chi connectivity index (χ0) is 21.3. The van der Waals surface area contributed by atoms with E-state index in [0.717, 1.165) is 48.3 Å². The molecule has 1 aliphatic heterocycles. The van der Waals surface area contributed by atoms with Gasteiger partial charge < -0.3 is 4.74 Å². The summed E-state index contributed by atoms with van der Waals surface area (Å²) in [5.41, 5.74) is 0.965. The molecule has 4 aliphatic carbocycles. The highest BCUT2D eigenvalue weighted by Gasteiger charge is 2.76. The molecule has 1 saturated heterocycles. The molecule has 0 N–H and O–H groups in total. The van der Waals surface area contributed by atoms with Crippen LogP contribution < -0.4 is 0 Å². The maximum atomic E-state index is 9.56. The van der Waals surface area contributed by atoms with E-state index in [1.807, 2.05) is 0 Å². The van der Waals surface area contributed by atoms with Gasteiger partial charge in [-0.25, -0.2) is 0 Å². The molecule has 2 heteroatoms. The summed E-state index contributed by atoms with van der Waals surface area (Å²) in [7, 11) is 0. The van der Waals surface area contributed by atoms with Crippen LogP contribution in [0.25, 0.3) is 0 Å². The molecule has 10 atom stereocenters. The second-order valence-corrected chi connectivity index (χ2v) is 13.1. The number of hydrogen-bond acceptors (Lipinski definition) is 2. The Kier molecular flexibility index (Phi) is 5.13. The Bertz CT molecular complexity index is 710. The summed E-state index contributed by atoms with van der Waals surface area (Å²) in [5, 5.41) is 9.56. The maximum absolute atomic E-state index is 9.56. The summed E-state index contributed by atoms with van der Waals surface area (Å²) in [6.45, 7) is 12.6. The summed E-state index contributed by atoms with van der Waals surface area (Å²) in [5.74, 6) is 5.53. The van der Waals surface area contributed by atoms with Crippen LogP contribution >= 0.6 is 0 Å². The fourth-order valence-electron chi connectivity index (χ4n) is 9.82. The van der Waals surface area contributed by atoms with Crippen molar-refractivity contribution in [2.45, 2.75) is 117 Å². The molecule has 0 bridgehead atoms. The van der Waals surface area contributed by atoms with E-state index in [1.165, 1.54) is 57.8 Å². The van der Waals surface area contributed by atoms with Crippen LogP contribution in [0.5, 0.6) is 0 Å². The molecule has 1 heterocycles. The Morgan fingerprint density at radius 1 is 1.00 bits per heavy atom. The monoisotopic (exact) mass is 411 g/mol. The standard InChI is InChI=1S/C28H45NO/c1-18(2)7-6-8-19(3)22-9-10-23-21-15-25-28(30-25)16-20(17-29)11-14-27(28,5)24(21)12-13-26(22,23)4/h18-25H,6-16H2,1-5H3/t19-,20-,21+,22+,23-,24-,25+,26-,27-,28+/m1/s1. The fourth-order valence-corrected chi connectivity index (χ4v) is 9.82. The predicted molar refractivity (Wildman–Crippen MR) is 122 cm³/mol. The SMILES string of the molecule is CC(C)CCC[C@@H](C)[C@@H]1CC[C@@H]2[C@@H]3C[C@@H]4O[C@@]45C[C@H](C#N)CC[C@]5(C)[C@@H]3CC[C@@]21C. The van der Waals surface area contributed by atoms with Crippen molar-refractivity contribution in [3.05, 3.63) is 0 Å². The highest BCUT2D eigenvalue weighted by Crippen LogP contribution is 2.74. The molecule has 1 spiro atoms. The van der Waals surface area contributed by atoms with Crippen molar-refractivity contribution >= 4 is 0 Å². The van der Waals surface area contributed by atoms with Crippen LogP contribution in [0.2, 0.25) is 0 Å². The van der Waals surface area contributed by atoms with Gasteiger partial charge in [0.15, 0.2) is 0 Å². The van der Waals surface area contributed by atoms with Gasteiger partial charge in [0.25, 0.3) is 0 Å². The first-order chi connectivity index (χ1) is 14.2. The smallest absolute Gasteiger partial charge is 0.102 e. The van der Waals surface area contributed by atoms with Gasteiger partial charge in [0.05, 0.1) is 12.2 Å². The molecule has 4 saturated carbocycles. The van der Waals surface area contributed by atoms with Crippen molar-refractivity contribution in [1.29, 1.82) is 5.26 Å². The van der Waals surface area contributed by atoms with E-state index < -0.39 is 0 Å². The summed E-state index contributed by atoms with van der Waals surface area (Å²) in [6.07, 6.45) is 15.1. The van der Waals surface area contributed by atoms with Crippen LogP contribution in [0.15, 0.2) is 0 Å². The molecule has 168 valence electrons. The van der Waals surface area contributed by atoms with Gasteiger partial charge in [-0.05, 0) is 92.3 Å². The molecule has 30 heavy (non-hydrogen) atoms. The van der Waals surface area contributed by atoms with E-state index >= 15 is 0 Å². The van der Waals surface area contributed by atoms with Gasteiger partial charge in [-0.2, -0.15) is 5.26 Å². The average molecular weight is 412 g/mol. The molecule has 5 aliphatic rings. The second kappa shape index (κ2) is 7.23. The fraction of sp³-hybridized carbons (Fsp3) is 0.964. The van der Waals surface area contributed by atoms with E-state index in [4.69, 9.17) is 4.74 Å². The number of ether oxygens (including phenoxy) is 1. The largest absolute Gasteiger partial charge is 0.365 e. The molecule has 0 aromatic carbocycles. The number of nitriles is 1. The van der Waals surface area contributed by atoms with Crippen LogP contribution in [0.4, 0.5) is 0 Å². The van der Waals surface area contributed by atoms with Crippen LogP contribution in [0.1, 0.15) is 105 Å². The summed E-state index contributed by atoms with van der Waals surface area (Å²) in [4.78, 5) is 0. The van der Waals surface area contributed by atoms with Crippen molar-refractivity contribution in [2.24, 2.45) is 52.3 Å². The summed E-state index contributed by atoms with van der Waals surface area (Å²) >= 11 is 0. The number of rotatable bonds is 5. The zero-order valence-electron chi connectivity index (χ0n) is 20.3. The van der Waals surface area contributed by atoms with Crippen LogP contribution in [-0.2, 0) is 4.74 Å². The van der Waals surface area contributed by atoms with Crippen molar-refractivity contribution in [3.8, 4) is 6.07 Å². The van der Waals surface area contributed by atoms with Gasteiger partial charge in [0.2, 0.25) is 0 Å². The molecule has 5 fully saturated rings. The first kappa shape index (κ1) is 21.3. The third-order valence-electron chi connectivity index (χ3n) is 11.5. The Balaban J connectivity index is 1.33. The average Bonchev–Trinajstić information content (AvgIpc) is 3.28. The topological polar surface area (TPSA) is 36.3 Å². The van der Waals surface area contributed by atoms with Crippen molar-refractivity contribution in [3.63, 3.8) is 0 Å². The lowest BCUT2D eigenvalue weighted by molar-refractivity contribution is -0.104. The normalized spacial score (nSPS) is 52.6. The number of fused-ring (bicyclic) bond motifs is 4. The van der Waals surface area contributed by atoms with E-state index in [1.54, 1.807) is 0 Å². The Morgan fingerprint density at radius 2 is 1.80 bits per heavy atom. The summed E-state index contributed by atoms with van der Waals surface area (Å²) < 4.78 is 6.58. The molecule has 5 rings (SSSR count). The molecule has 0 aromatic heterocycles. The number of hydrogen-bond donors (Lipinski definition) is 0. The molecular formula is C28H45NO. The third kappa shape index (κ3) is 2.89. The van der Waals surface area contributed by atoms with Gasteiger partial charge in [-0.3, -0.25) is 0 Å². The number of nitrogens with zero attached hydrogens (tertiary/aromatic N) is 1. The van der Waals surface area contributed by atoms with E-state index in [2.05, 4.69) is 40.7 Å². The highest BCUT2D eigenvalue weighted by molar-refractivity contribution is 5.25. The molecular weight excluding hydrogens is 366 g/mol. The first-order valence-corrected chi connectivity index (χ1v) is 13.3. The summed E-state index contributed by atoms with van der Waals surface area (Å²) in [6, 6.07) is 2.58. The Morgan fingerprint density at radius 3 is 2.53 bits per heavy atom. The Hall–Kier alpha value is -0.550. The van der Waals surface area contributed by atoms with E-state index in [9.17, 15) is 5.26 Å². The molecule has 2 nitrogen and oxygen atoms in total. The quantitative estimate of drug-likeness (QED) is 0.442. The van der Waals surface area contributed by atoms with Gasteiger partial charge in [-0.1, -0.05) is 53.9 Å². The number of epoxide rings is 1. The van der Waals surface area contributed by atoms with Crippen molar-refractivity contribution in [1.82, 2.24) is 0 Å². The van der Waals surface area contributed by atoms with E-state index in [-0.39, 0.29) is 11.5 Å². The lowest BCUT2D eigenvalue weighted by atomic mass is 9.44. The minimum atomic E-state index is 0.0721. The lowest BCUT2D eigenvalue weighted by Crippen LogP contribution is -2.58. The van der Waals surface area contributed by atoms with Gasteiger partial charge in [0, 0.05) is 11.3 Å². The van der Waals surface area contributed by atoms with Gasteiger partial charge in [0.1, 0.15) is 5.60 Å². The zero-order valence-corrected chi connectivity index (χ0v) is 20.3. The van der Waals surface area contributed by atoms with Crippen molar-refractivity contribution in [2.75, 3.05) is 0 Å². The molecule has 0 radical (unpaired) electrons. The molecule has 0 amide bonds. The minimum Gasteiger partial charge on any atom is -0.365 e. The maximum Gasteiger partial charge on any atom is 0.102 e. The highest BCUT2D eigenvalue weighted by atomic mass is 16.6. The third-order valence-corrected chi connectivity index (χ3v) is 11.5. The van der Waals surface area contributed by atoms with Gasteiger partial charge >= 0.3 is 0 Å². The molecule has 0 unspecified atom stereocenters. The predicted octanol–water partition coefficient (Wildman–Crippen LogP) is 7.38. The van der Waals surface area contributed by atoms with E-state index in [0.29, 0.717) is 16.9 Å². The van der Waals surface area contributed by atoms with Crippen LogP contribution in [0.3, 0.4) is 0 Å². The van der Waals surface area contributed by atoms with Crippen LogP contribution in [0, 0.1) is 63.6 Å². The Labute approximate surface area is 185 Å². The molecule has 0 aromatic rings. The van der Waals surface area contributed by atoms with Crippen LogP contribution in [-0.4, -0.2) is 11.7 Å². The second-order valence-electron chi connectivity index (χ2n) is 13.1.